The van der Waals surface area contributed by atoms with E-state index in [1.54, 1.807) is 0 Å². The Labute approximate surface area is 111 Å². The van der Waals surface area contributed by atoms with Crippen LogP contribution in [0, 0.1) is 5.92 Å². The van der Waals surface area contributed by atoms with Crippen molar-refractivity contribution in [2.45, 2.75) is 19.4 Å². The van der Waals surface area contributed by atoms with Crippen molar-refractivity contribution in [3.63, 3.8) is 0 Å². The van der Waals surface area contributed by atoms with Gasteiger partial charge in [-0.2, -0.15) is 0 Å². The number of fused-ring (bicyclic) bond motifs is 1. The minimum Gasteiger partial charge on any atom is -0.335 e. The van der Waals surface area contributed by atoms with Gasteiger partial charge in [0, 0.05) is 18.5 Å². The molecular weight excluding hydrogens is 248 g/mol. The molecule has 4 nitrogen and oxygen atoms in total. The average molecular weight is 263 g/mol. The van der Waals surface area contributed by atoms with Gasteiger partial charge in [-0.15, -0.1) is 21.8 Å². The van der Waals surface area contributed by atoms with Gasteiger partial charge < -0.3 is 4.90 Å². The third kappa shape index (κ3) is 1.90. The molecule has 1 aromatic carbocycles. The molecule has 2 atom stereocenters. The summed E-state index contributed by atoms with van der Waals surface area (Å²) in [4.78, 5) is 6.76. The van der Waals surface area contributed by atoms with Crippen LogP contribution < -0.4 is 4.90 Å². The summed E-state index contributed by atoms with van der Waals surface area (Å²) in [5.74, 6) is 1.89. The minimum absolute atomic E-state index is 0.314. The molecule has 18 heavy (non-hydrogen) atoms. The summed E-state index contributed by atoms with van der Waals surface area (Å²) in [6.45, 7) is 3.18. The first-order valence-electron chi connectivity index (χ1n) is 6.21. The molecule has 2 aromatic rings. The van der Waals surface area contributed by atoms with Crippen LogP contribution in [0.1, 0.15) is 13.3 Å². The number of halogens is 1. The molecule has 0 aliphatic carbocycles. The van der Waals surface area contributed by atoms with Crippen molar-refractivity contribution in [1.29, 1.82) is 0 Å². The van der Waals surface area contributed by atoms with Crippen LogP contribution in [0.2, 0.25) is 0 Å². The van der Waals surface area contributed by atoms with Crippen molar-refractivity contribution < 1.29 is 0 Å². The van der Waals surface area contributed by atoms with E-state index >= 15 is 0 Å². The zero-order chi connectivity index (χ0) is 12.5. The number of para-hydroxylation sites is 1. The van der Waals surface area contributed by atoms with Crippen LogP contribution in [0.3, 0.4) is 0 Å². The van der Waals surface area contributed by atoms with Crippen molar-refractivity contribution in [2.24, 2.45) is 5.92 Å². The lowest BCUT2D eigenvalue weighted by atomic mass is 10.1. The van der Waals surface area contributed by atoms with Crippen molar-refractivity contribution in [1.82, 2.24) is 15.2 Å². The van der Waals surface area contributed by atoms with Crippen molar-refractivity contribution in [3.05, 3.63) is 24.3 Å². The summed E-state index contributed by atoms with van der Waals surface area (Å²) in [5, 5.41) is 8.45. The second-order valence-corrected chi connectivity index (χ2v) is 5.09. The number of nitrogens with zero attached hydrogens (tertiary/aromatic N) is 4. The lowest BCUT2D eigenvalue weighted by Crippen LogP contribution is -2.35. The largest absolute Gasteiger partial charge is 0.335 e. The Kier molecular flexibility index (Phi) is 3.04. The maximum Gasteiger partial charge on any atom is 0.246 e. The van der Waals surface area contributed by atoms with Crippen LogP contribution in [0.15, 0.2) is 24.3 Å². The maximum atomic E-state index is 6.05. The second-order valence-electron chi connectivity index (χ2n) is 4.78. The number of hydrogen-bond acceptors (Lipinski definition) is 4. The molecule has 2 heterocycles. The fourth-order valence-electron chi connectivity index (χ4n) is 2.49. The quantitative estimate of drug-likeness (QED) is 0.780. The highest BCUT2D eigenvalue weighted by Crippen LogP contribution is 2.28. The van der Waals surface area contributed by atoms with Gasteiger partial charge in [-0.1, -0.05) is 19.1 Å². The fourth-order valence-corrected chi connectivity index (χ4v) is 2.96. The molecule has 0 radical (unpaired) electrons. The lowest BCUT2D eigenvalue weighted by molar-refractivity contribution is 0.546. The van der Waals surface area contributed by atoms with Gasteiger partial charge >= 0.3 is 0 Å². The molecule has 1 saturated heterocycles. The van der Waals surface area contributed by atoms with Gasteiger partial charge in [0.1, 0.15) is 5.52 Å². The number of anilines is 1. The molecule has 0 N–H and O–H groups in total. The third-order valence-corrected chi connectivity index (χ3v) is 3.96. The molecule has 94 valence electrons. The van der Waals surface area contributed by atoms with E-state index in [2.05, 4.69) is 27.0 Å². The Morgan fingerprint density at radius 3 is 2.83 bits per heavy atom. The van der Waals surface area contributed by atoms with E-state index in [9.17, 15) is 0 Å². The minimum atomic E-state index is 0.314. The molecule has 0 bridgehead atoms. The van der Waals surface area contributed by atoms with Gasteiger partial charge in [0.15, 0.2) is 0 Å². The number of alkyl halides is 1. The molecule has 3 rings (SSSR count). The fraction of sp³-hybridized carbons (Fsp3) is 0.462. The molecule has 0 spiro atoms. The SMILES string of the molecule is CC1CCN(c2nnc3ccccc3n2)C1CCl. The Hall–Kier alpha value is -1.42. The van der Waals surface area contributed by atoms with Crippen molar-refractivity contribution >= 4 is 28.6 Å². The van der Waals surface area contributed by atoms with E-state index in [0.29, 0.717) is 23.8 Å². The van der Waals surface area contributed by atoms with E-state index < -0.39 is 0 Å². The molecule has 2 unspecified atom stereocenters. The van der Waals surface area contributed by atoms with Gasteiger partial charge in [0.2, 0.25) is 5.95 Å². The molecule has 1 aromatic heterocycles. The number of rotatable bonds is 2. The summed E-state index contributed by atoms with van der Waals surface area (Å²) in [5.41, 5.74) is 1.71. The molecule has 1 aliphatic heterocycles. The molecule has 1 aliphatic rings. The van der Waals surface area contributed by atoms with E-state index in [-0.39, 0.29) is 0 Å². The third-order valence-electron chi connectivity index (χ3n) is 3.65. The predicted molar refractivity (Wildman–Crippen MR) is 73.0 cm³/mol. The zero-order valence-electron chi connectivity index (χ0n) is 10.3. The zero-order valence-corrected chi connectivity index (χ0v) is 11.0. The smallest absolute Gasteiger partial charge is 0.246 e. The summed E-state index contributed by atoms with van der Waals surface area (Å²) in [6.07, 6.45) is 1.13. The van der Waals surface area contributed by atoms with Crippen LogP contribution in [-0.2, 0) is 0 Å². The summed E-state index contributed by atoms with van der Waals surface area (Å²) in [6, 6.07) is 8.10. The Bertz CT molecular complexity index is 559. The molecule has 0 amide bonds. The highest BCUT2D eigenvalue weighted by atomic mass is 35.5. The standard InChI is InChI=1S/C13H15ClN4/c1-9-6-7-18(12(9)8-14)13-15-10-4-2-3-5-11(10)16-17-13/h2-5,9,12H,6-8H2,1H3. The topological polar surface area (TPSA) is 41.9 Å². The Balaban J connectivity index is 1.99. The van der Waals surface area contributed by atoms with Crippen LogP contribution in [0.25, 0.3) is 11.0 Å². The van der Waals surface area contributed by atoms with Crippen LogP contribution in [0.5, 0.6) is 0 Å². The van der Waals surface area contributed by atoms with Crippen molar-refractivity contribution in [3.8, 4) is 0 Å². The molecule has 5 heteroatoms. The van der Waals surface area contributed by atoms with Crippen LogP contribution in [0.4, 0.5) is 5.95 Å². The van der Waals surface area contributed by atoms with E-state index in [0.717, 1.165) is 24.0 Å². The van der Waals surface area contributed by atoms with Gasteiger partial charge in [-0.3, -0.25) is 0 Å². The van der Waals surface area contributed by atoms with Gasteiger partial charge in [-0.05, 0) is 24.5 Å². The van der Waals surface area contributed by atoms with Crippen LogP contribution in [-0.4, -0.2) is 33.6 Å². The normalized spacial score (nSPS) is 23.8. The molecular formula is C13H15ClN4. The predicted octanol–water partition coefficient (Wildman–Crippen LogP) is 2.48. The van der Waals surface area contributed by atoms with Gasteiger partial charge in [0.05, 0.1) is 5.52 Å². The Morgan fingerprint density at radius 1 is 1.28 bits per heavy atom. The summed E-state index contributed by atoms with van der Waals surface area (Å²) in [7, 11) is 0. The van der Waals surface area contributed by atoms with Gasteiger partial charge in [-0.25, -0.2) is 4.98 Å². The van der Waals surface area contributed by atoms with E-state index in [1.807, 2.05) is 24.3 Å². The number of aromatic nitrogens is 3. The number of benzene rings is 1. The monoisotopic (exact) mass is 262 g/mol. The first kappa shape index (κ1) is 11.7. The second kappa shape index (κ2) is 4.69. The van der Waals surface area contributed by atoms with Gasteiger partial charge in [0.25, 0.3) is 0 Å². The molecule has 0 saturated carbocycles. The van der Waals surface area contributed by atoms with Crippen molar-refractivity contribution in [2.75, 3.05) is 17.3 Å². The number of hydrogen-bond donors (Lipinski definition) is 0. The van der Waals surface area contributed by atoms with E-state index in [1.165, 1.54) is 0 Å². The van der Waals surface area contributed by atoms with Crippen LogP contribution >= 0.6 is 11.6 Å². The summed E-state index contributed by atoms with van der Waals surface area (Å²) >= 11 is 6.05. The first-order chi connectivity index (χ1) is 8.79. The summed E-state index contributed by atoms with van der Waals surface area (Å²) < 4.78 is 0. The average Bonchev–Trinajstić information content (AvgIpc) is 2.79. The highest BCUT2D eigenvalue weighted by molar-refractivity contribution is 6.18. The Morgan fingerprint density at radius 2 is 2.06 bits per heavy atom. The molecule has 1 fully saturated rings. The first-order valence-corrected chi connectivity index (χ1v) is 6.75. The lowest BCUT2D eigenvalue weighted by Gasteiger charge is -2.24. The maximum absolute atomic E-state index is 6.05. The highest BCUT2D eigenvalue weighted by Gasteiger charge is 2.32. The van der Waals surface area contributed by atoms with E-state index in [4.69, 9.17) is 11.6 Å².